The minimum atomic E-state index is -1.44. The molecule has 3 heterocycles. The van der Waals surface area contributed by atoms with Gasteiger partial charge in [-0.05, 0) is 49.1 Å². The number of rotatable bonds is 4. The van der Waals surface area contributed by atoms with Crippen LogP contribution >= 0.6 is 0 Å². The lowest BCUT2D eigenvalue weighted by Crippen LogP contribution is -2.20. The van der Waals surface area contributed by atoms with Gasteiger partial charge in [-0.15, -0.1) is 0 Å². The summed E-state index contributed by atoms with van der Waals surface area (Å²) >= 11 is 0. The number of H-pyrrole nitrogens is 1. The molecule has 7 nitrogen and oxygen atoms in total. The molecule has 0 amide bonds. The second-order valence-electron chi connectivity index (χ2n) is 7.02. The molecule has 27 heavy (non-hydrogen) atoms. The van der Waals surface area contributed by atoms with Crippen molar-refractivity contribution in [2.24, 2.45) is 11.7 Å². The van der Waals surface area contributed by atoms with Crippen molar-refractivity contribution >= 4 is 16.9 Å². The lowest BCUT2D eigenvalue weighted by molar-refractivity contribution is 0.0691. The number of hydrogen-bond acceptors (Lipinski definition) is 4. The van der Waals surface area contributed by atoms with Crippen LogP contribution in [0.4, 0.5) is 0 Å². The van der Waals surface area contributed by atoms with Crippen molar-refractivity contribution in [3.05, 3.63) is 51.4 Å². The summed E-state index contributed by atoms with van der Waals surface area (Å²) in [6.07, 6.45) is 1.34. The summed E-state index contributed by atoms with van der Waals surface area (Å²) in [7, 11) is 0. The van der Waals surface area contributed by atoms with Crippen molar-refractivity contribution in [1.82, 2.24) is 9.55 Å². The number of nitrogens with one attached hydrogen (secondary N) is 1. The summed E-state index contributed by atoms with van der Waals surface area (Å²) in [5.74, 6) is -1.44. The average Bonchev–Trinajstić information content (AvgIpc) is 3.17. The molecule has 5 N–H and O–H groups in total. The summed E-state index contributed by atoms with van der Waals surface area (Å²) in [4.78, 5) is 26.1. The Kier molecular flexibility index (Phi) is 4.04. The molecule has 2 aromatic heterocycles. The molecular formula is C20H21N3O4. The van der Waals surface area contributed by atoms with E-state index in [4.69, 9.17) is 5.73 Å². The molecule has 0 spiro atoms. The number of carboxylic acids is 1. The highest BCUT2D eigenvalue weighted by atomic mass is 16.4. The summed E-state index contributed by atoms with van der Waals surface area (Å²) in [5.41, 5.74) is 8.33. The van der Waals surface area contributed by atoms with E-state index in [1.807, 2.05) is 18.2 Å². The number of nitrogens with zero attached hydrogens (tertiary/aromatic N) is 1. The standard InChI is InChI=1S/C20H21N3O4/c1-2-14-17(22-19(25)16(18(14)24)20(26)27)11-3-4-15-12(6-11)7-13-5-10(8-21)9-23(13)15/h3-4,6-7,10H,2,5,8-9,21H2,1H3,(H,26,27)(H2,22,24,25)/t10-/m1/s1. The van der Waals surface area contributed by atoms with Crippen LogP contribution in [0.15, 0.2) is 29.1 Å². The zero-order valence-electron chi connectivity index (χ0n) is 15.0. The largest absolute Gasteiger partial charge is 0.506 e. The van der Waals surface area contributed by atoms with Gasteiger partial charge in [0.1, 0.15) is 5.75 Å². The number of hydrogen-bond donors (Lipinski definition) is 4. The summed E-state index contributed by atoms with van der Waals surface area (Å²) in [6, 6.07) is 7.97. The second kappa shape index (κ2) is 6.28. The minimum Gasteiger partial charge on any atom is -0.506 e. The third-order valence-corrected chi connectivity index (χ3v) is 5.41. The fourth-order valence-corrected chi connectivity index (χ4v) is 4.06. The first-order valence-corrected chi connectivity index (χ1v) is 8.98. The molecule has 0 fully saturated rings. The number of aromatic hydroxyl groups is 1. The quantitative estimate of drug-likeness (QED) is 0.563. The Bertz CT molecular complexity index is 1130. The Morgan fingerprint density at radius 1 is 1.37 bits per heavy atom. The van der Waals surface area contributed by atoms with Gasteiger partial charge < -0.3 is 25.5 Å². The van der Waals surface area contributed by atoms with E-state index in [1.54, 1.807) is 6.92 Å². The topological polar surface area (TPSA) is 121 Å². The Morgan fingerprint density at radius 2 is 2.15 bits per heavy atom. The van der Waals surface area contributed by atoms with Gasteiger partial charge in [0.2, 0.25) is 0 Å². The van der Waals surface area contributed by atoms with Crippen LogP contribution in [-0.2, 0) is 19.4 Å². The molecule has 0 unspecified atom stereocenters. The Hall–Kier alpha value is -3.06. The fraction of sp³-hybridized carbons (Fsp3) is 0.300. The van der Waals surface area contributed by atoms with Crippen LogP contribution in [0, 0.1) is 5.92 Å². The zero-order chi connectivity index (χ0) is 19.3. The summed E-state index contributed by atoms with van der Waals surface area (Å²) < 4.78 is 2.27. The molecule has 1 aromatic carbocycles. The van der Waals surface area contributed by atoms with E-state index in [0.717, 1.165) is 29.4 Å². The highest BCUT2D eigenvalue weighted by Gasteiger charge is 2.24. The number of carboxylic acid groups (broad SMARTS) is 1. The van der Waals surface area contributed by atoms with E-state index < -0.39 is 22.8 Å². The van der Waals surface area contributed by atoms with Crippen LogP contribution in [0.5, 0.6) is 5.75 Å². The van der Waals surface area contributed by atoms with Gasteiger partial charge in [0, 0.05) is 28.7 Å². The number of nitrogens with two attached hydrogens (primary N) is 1. The zero-order valence-corrected chi connectivity index (χ0v) is 15.0. The van der Waals surface area contributed by atoms with Crippen molar-refractivity contribution in [3.8, 4) is 17.0 Å². The molecule has 4 rings (SSSR count). The summed E-state index contributed by atoms with van der Waals surface area (Å²) in [6.45, 7) is 3.37. The van der Waals surface area contributed by atoms with E-state index in [2.05, 4.69) is 15.6 Å². The van der Waals surface area contributed by atoms with E-state index in [-0.39, 0.29) is 0 Å². The first kappa shape index (κ1) is 17.4. The molecule has 140 valence electrons. The first-order chi connectivity index (χ1) is 12.9. The smallest absolute Gasteiger partial charge is 0.345 e. The van der Waals surface area contributed by atoms with Gasteiger partial charge in [-0.1, -0.05) is 13.0 Å². The molecular weight excluding hydrogens is 346 g/mol. The van der Waals surface area contributed by atoms with E-state index in [9.17, 15) is 19.8 Å². The maximum atomic E-state index is 12.2. The third kappa shape index (κ3) is 2.62. The minimum absolute atomic E-state index is 0.390. The molecule has 0 saturated heterocycles. The molecule has 3 aromatic rings. The molecule has 7 heteroatoms. The lowest BCUT2D eigenvalue weighted by Gasteiger charge is -2.12. The van der Waals surface area contributed by atoms with Gasteiger partial charge in [0.15, 0.2) is 5.56 Å². The lowest BCUT2D eigenvalue weighted by atomic mass is 9.99. The van der Waals surface area contributed by atoms with Gasteiger partial charge in [-0.25, -0.2) is 4.79 Å². The molecule has 0 bridgehead atoms. The van der Waals surface area contributed by atoms with Crippen LogP contribution in [-0.4, -0.2) is 32.3 Å². The second-order valence-corrected chi connectivity index (χ2v) is 7.02. The van der Waals surface area contributed by atoms with Crippen LogP contribution in [0.25, 0.3) is 22.2 Å². The predicted molar refractivity (Wildman–Crippen MR) is 102 cm³/mol. The number of fused-ring (bicyclic) bond motifs is 3. The maximum absolute atomic E-state index is 12.2. The molecule has 0 radical (unpaired) electrons. The Morgan fingerprint density at radius 3 is 2.81 bits per heavy atom. The molecule has 1 atom stereocenters. The molecule has 1 aliphatic rings. The number of carbonyl (C=O) groups is 1. The van der Waals surface area contributed by atoms with Crippen molar-refractivity contribution in [2.75, 3.05) is 6.54 Å². The summed E-state index contributed by atoms with van der Waals surface area (Å²) in [5, 5.41) is 20.6. The van der Waals surface area contributed by atoms with E-state index in [1.165, 1.54) is 5.69 Å². The third-order valence-electron chi connectivity index (χ3n) is 5.41. The Balaban J connectivity index is 1.86. The maximum Gasteiger partial charge on any atom is 0.345 e. The molecule has 1 aliphatic heterocycles. The molecule has 0 saturated carbocycles. The average molecular weight is 367 g/mol. The van der Waals surface area contributed by atoms with Crippen LogP contribution in [0.2, 0.25) is 0 Å². The van der Waals surface area contributed by atoms with Gasteiger partial charge in [-0.3, -0.25) is 4.79 Å². The van der Waals surface area contributed by atoms with Gasteiger partial charge in [0.25, 0.3) is 5.56 Å². The number of pyridine rings is 1. The van der Waals surface area contributed by atoms with Crippen molar-refractivity contribution in [2.45, 2.75) is 26.3 Å². The van der Waals surface area contributed by atoms with Gasteiger partial charge in [-0.2, -0.15) is 0 Å². The molecule has 0 aliphatic carbocycles. The predicted octanol–water partition coefficient (Wildman–Crippen LogP) is 2.09. The number of aromatic carboxylic acids is 1. The highest BCUT2D eigenvalue weighted by Crippen LogP contribution is 2.34. The van der Waals surface area contributed by atoms with Crippen molar-refractivity contribution < 1.29 is 15.0 Å². The van der Waals surface area contributed by atoms with Crippen LogP contribution in [0.3, 0.4) is 0 Å². The van der Waals surface area contributed by atoms with Crippen molar-refractivity contribution in [3.63, 3.8) is 0 Å². The number of benzene rings is 1. The van der Waals surface area contributed by atoms with E-state index in [0.29, 0.717) is 30.1 Å². The number of aromatic amines is 1. The SMILES string of the molecule is CCc1c(-c2ccc3c(c2)cc2n3C[C@@H](CN)C2)[nH]c(=O)c(C(=O)O)c1O. The van der Waals surface area contributed by atoms with Crippen LogP contribution in [0.1, 0.15) is 28.5 Å². The normalized spacial score (nSPS) is 16.0. The fourth-order valence-electron chi connectivity index (χ4n) is 4.06. The number of aromatic nitrogens is 2. The highest BCUT2D eigenvalue weighted by molar-refractivity contribution is 5.92. The monoisotopic (exact) mass is 367 g/mol. The van der Waals surface area contributed by atoms with Gasteiger partial charge >= 0.3 is 5.97 Å². The van der Waals surface area contributed by atoms with Gasteiger partial charge in [0.05, 0.1) is 5.69 Å². The van der Waals surface area contributed by atoms with Crippen molar-refractivity contribution in [1.29, 1.82) is 0 Å². The van der Waals surface area contributed by atoms with Crippen LogP contribution < -0.4 is 11.3 Å². The first-order valence-electron chi connectivity index (χ1n) is 8.98. The Labute approximate surface area is 155 Å². The van der Waals surface area contributed by atoms with E-state index >= 15 is 0 Å².